The van der Waals surface area contributed by atoms with E-state index in [1.165, 1.54) is 4.90 Å². The molecule has 2 N–H and O–H groups in total. The van der Waals surface area contributed by atoms with Crippen LogP contribution in [0.15, 0.2) is 0 Å². The molecule has 0 radical (unpaired) electrons. The largest absolute Gasteiger partial charge is 0.367 e. The Labute approximate surface area is 89.8 Å². The minimum atomic E-state index is -0.876. The van der Waals surface area contributed by atoms with Crippen LogP contribution in [0.25, 0.3) is 0 Å². The fraction of sp³-hybridized carbons (Fsp3) is 0.636. The zero-order valence-electron chi connectivity index (χ0n) is 8.90. The van der Waals surface area contributed by atoms with E-state index < -0.39 is 11.9 Å². The zero-order valence-corrected chi connectivity index (χ0v) is 8.90. The maximum atomic E-state index is 11.6. The molecule has 82 valence electrons. The highest BCUT2D eigenvalue weighted by Gasteiger charge is 2.35. The second-order valence-corrected chi connectivity index (χ2v) is 3.88. The van der Waals surface area contributed by atoms with Crippen LogP contribution in [-0.4, -0.2) is 29.3 Å². The summed E-state index contributed by atoms with van der Waals surface area (Å²) < 4.78 is 0. The first-order valence-electron chi connectivity index (χ1n) is 5.15. The van der Waals surface area contributed by atoms with Crippen LogP contribution in [-0.2, 0) is 9.59 Å². The van der Waals surface area contributed by atoms with Crippen molar-refractivity contribution in [3.05, 3.63) is 0 Å². The third-order valence-corrected chi connectivity index (χ3v) is 2.67. The maximum absolute atomic E-state index is 11.6. The van der Waals surface area contributed by atoms with Gasteiger partial charge in [-0.1, -0.05) is 19.3 Å². The Morgan fingerprint density at radius 3 is 2.93 bits per heavy atom. The van der Waals surface area contributed by atoms with Gasteiger partial charge in [-0.05, 0) is 12.3 Å². The molecule has 0 bridgehead atoms. The molecule has 1 aliphatic heterocycles. The number of hydrogen-bond acceptors (Lipinski definition) is 2. The number of terminal acetylenes is 1. The molecule has 0 saturated carbocycles. The number of hydrogen-bond donors (Lipinski definition) is 1. The molecule has 1 aliphatic rings. The molecule has 4 nitrogen and oxygen atoms in total. The number of primary amides is 1. The summed E-state index contributed by atoms with van der Waals surface area (Å²) >= 11 is 0. The Morgan fingerprint density at radius 1 is 1.80 bits per heavy atom. The van der Waals surface area contributed by atoms with Crippen LogP contribution in [0.2, 0.25) is 0 Å². The van der Waals surface area contributed by atoms with Crippen molar-refractivity contribution in [3.8, 4) is 12.3 Å². The Balaban J connectivity index is 2.68. The number of likely N-dealkylation sites (tertiary alicyclic amines) is 1. The van der Waals surface area contributed by atoms with Gasteiger partial charge in [0.15, 0.2) is 6.04 Å². The average molecular weight is 208 g/mol. The van der Waals surface area contributed by atoms with Crippen LogP contribution < -0.4 is 5.73 Å². The molecule has 0 aliphatic carbocycles. The highest BCUT2D eigenvalue weighted by Crippen LogP contribution is 2.23. The molecule has 0 aromatic rings. The van der Waals surface area contributed by atoms with Crippen molar-refractivity contribution in [2.75, 3.05) is 6.54 Å². The van der Waals surface area contributed by atoms with Gasteiger partial charge in [-0.15, -0.1) is 6.42 Å². The molecule has 4 heteroatoms. The predicted octanol–water partition coefficient (Wildman–Crippen LogP) is 0.122. The normalized spacial score (nSPS) is 22.5. The fourth-order valence-corrected chi connectivity index (χ4v) is 1.99. The summed E-state index contributed by atoms with van der Waals surface area (Å²) in [4.78, 5) is 24.0. The minimum absolute atomic E-state index is 0.0600. The van der Waals surface area contributed by atoms with E-state index >= 15 is 0 Å². The van der Waals surface area contributed by atoms with Crippen molar-refractivity contribution < 1.29 is 9.59 Å². The smallest absolute Gasteiger partial charge is 0.252 e. The van der Waals surface area contributed by atoms with Crippen LogP contribution in [0, 0.1) is 18.3 Å². The highest BCUT2D eigenvalue weighted by atomic mass is 16.2. The molecule has 1 fully saturated rings. The molecular weight excluding hydrogens is 192 g/mol. The van der Waals surface area contributed by atoms with Crippen LogP contribution in [0.5, 0.6) is 0 Å². The molecule has 1 rings (SSSR count). The number of amides is 2. The lowest BCUT2D eigenvalue weighted by atomic mass is 10.0. The summed E-state index contributed by atoms with van der Waals surface area (Å²) in [6.07, 6.45) is 7.69. The summed E-state index contributed by atoms with van der Waals surface area (Å²) in [5, 5.41) is 0. The Hall–Kier alpha value is -1.50. The molecule has 15 heavy (non-hydrogen) atoms. The SMILES string of the molecule is C#C[C@@H](C(N)=O)N1C[C@H](CCC)CC1=O. The van der Waals surface area contributed by atoms with E-state index in [1.54, 1.807) is 0 Å². The Bertz CT molecular complexity index is 306. The summed E-state index contributed by atoms with van der Waals surface area (Å²) in [6, 6.07) is -0.876. The van der Waals surface area contributed by atoms with Crippen LogP contribution in [0.4, 0.5) is 0 Å². The maximum Gasteiger partial charge on any atom is 0.252 e. The summed E-state index contributed by atoms with van der Waals surface area (Å²) in [5.74, 6) is 1.90. The lowest BCUT2D eigenvalue weighted by Gasteiger charge is -2.20. The van der Waals surface area contributed by atoms with Gasteiger partial charge < -0.3 is 10.6 Å². The number of carbonyl (C=O) groups is 2. The minimum Gasteiger partial charge on any atom is -0.367 e. The second-order valence-electron chi connectivity index (χ2n) is 3.88. The van der Waals surface area contributed by atoms with Crippen LogP contribution in [0.1, 0.15) is 26.2 Å². The van der Waals surface area contributed by atoms with Gasteiger partial charge in [0.25, 0.3) is 5.91 Å². The number of nitrogens with zero attached hydrogens (tertiary/aromatic N) is 1. The number of rotatable bonds is 4. The van der Waals surface area contributed by atoms with E-state index in [4.69, 9.17) is 12.2 Å². The van der Waals surface area contributed by atoms with Gasteiger partial charge >= 0.3 is 0 Å². The van der Waals surface area contributed by atoms with Crippen molar-refractivity contribution in [2.45, 2.75) is 32.2 Å². The quantitative estimate of drug-likeness (QED) is 0.667. The molecule has 2 atom stereocenters. The molecule has 0 aromatic heterocycles. The molecule has 1 saturated heterocycles. The molecule has 1 heterocycles. The molecule has 0 aromatic carbocycles. The van der Waals surface area contributed by atoms with E-state index in [2.05, 4.69) is 12.8 Å². The van der Waals surface area contributed by atoms with Crippen molar-refractivity contribution in [1.82, 2.24) is 4.90 Å². The molecule has 0 spiro atoms. The lowest BCUT2D eigenvalue weighted by molar-refractivity contribution is -0.134. The van der Waals surface area contributed by atoms with Gasteiger partial charge in [-0.25, -0.2) is 0 Å². The first-order valence-corrected chi connectivity index (χ1v) is 5.15. The van der Waals surface area contributed by atoms with Gasteiger partial charge in [-0.3, -0.25) is 9.59 Å². The zero-order chi connectivity index (χ0) is 11.4. The predicted molar refractivity (Wildman–Crippen MR) is 56.5 cm³/mol. The van der Waals surface area contributed by atoms with Crippen molar-refractivity contribution in [1.29, 1.82) is 0 Å². The monoisotopic (exact) mass is 208 g/mol. The second kappa shape index (κ2) is 4.83. The summed E-state index contributed by atoms with van der Waals surface area (Å²) in [7, 11) is 0. The van der Waals surface area contributed by atoms with Gasteiger partial charge in [0, 0.05) is 13.0 Å². The lowest BCUT2D eigenvalue weighted by Crippen LogP contribution is -2.44. The topological polar surface area (TPSA) is 63.4 Å². The summed E-state index contributed by atoms with van der Waals surface area (Å²) in [5.41, 5.74) is 5.13. The van der Waals surface area contributed by atoms with Crippen molar-refractivity contribution in [2.24, 2.45) is 11.7 Å². The Kier molecular flexibility index (Phi) is 3.73. The highest BCUT2D eigenvalue weighted by molar-refractivity contribution is 5.90. The van der Waals surface area contributed by atoms with Gasteiger partial charge in [0.05, 0.1) is 0 Å². The van der Waals surface area contributed by atoms with Crippen LogP contribution in [0.3, 0.4) is 0 Å². The first kappa shape index (κ1) is 11.6. The van der Waals surface area contributed by atoms with Gasteiger partial charge in [0.1, 0.15) is 0 Å². The average Bonchev–Trinajstić information content (AvgIpc) is 2.49. The summed E-state index contributed by atoms with van der Waals surface area (Å²) in [6.45, 7) is 2.63. The van der Waals surface area contributed by atoms with E-state index in [9.17, 15) is 9.59 Å². The fourth-order valence-electron chi connectivity index (χ4n) is 1.99. The van der Waals surface area contributed by atoms with E-state index in [-0.39, 0.29) is 5.91 Å². The number of nitrogens with two attached hydrogens (primary N) is 1. The Morgan fingerprint density at radius 2 is 2.47 bits per heavy atom. The van der Waals surface area contributed by atoms with Crippen molar-refractivity contribution in [3.63, 3.8) is 0 Å². The van der Waals surface area contributed by atoms with E-state index in [1.807, 2.05) is 0 Å². The molecule has 0 unspecified atom stereocenters. The van der Waals surface area contributed by atoms with Crippen molar-refractivity contribution >= 4 is 11.8 Å². The molecular formula is C11H16N2O2. The van der Waals surface area contributed by atoms with Gasteiger partial charge in [-0.2, -0.15) is 0 Å². The standard InChI is InChI=1S/C11H16N2O2/c1-3-5-8-6-10(14)13(7-8)9(4-2)11(12)15/h2,8-9H,3,5-7H2,1H3,(H2,12,15)/t8-,9+/m1/s1. The first-order chi connectivity index (χ1) is 7.10. The van der Waals surface area contributed by atoms with E-state index in [0.717, 1.165) is 12.8 Å². The van der Waals surface area contributed by atoms with E-state index in [0.29, 0.717) is 18.9 Å². The van der Waals surface area contributed by atoms with Gasteiger partial charge in [0.2, 0.25) is 5.91 Å². The third-order valence-electron chi connectivity index (χ3n) is 2.67. The third kappa shape index (κ3) is 2.50. The number of carbonyl (C=O) groups excluding carboxylic acids is 2. The molecule has 2 amide bonds. The van der Waals surface area contributed by atoms with Crippen LogP contribution >= 0.6 is 0 Å².